The summed E-state index contributed by atoms with van der Waals surface area (Å²) in [5, 5.41) is 3.40. The molecule has 3 amide bonds. The molecule has 3 aromatic carbocycles. The Morgan fingerprint density at radius 1 is 1.03 bits per heavy atom. The number of nitrogens with zero attached hydrogens (tertiary/aromatic N) is 1. The van der Waals surface area contributed by atoms with Crippen molar-refractivity contribution < 1.29 is 23.9 Å². The van der Waals surface area contributed by atoms with Crippen molar-refractivity contribution in [2.75, 3.05) is 18.5 Å². The number of thioether (sulfide) groups is 1. The zero-order chi connectivity index (χ0) is 28.1. The molecular formula is C27H20BrCl3N2O5S. The van der Waals surface area contributed by atoms with Crippen LogP contribution < -0.4 is 14.8 Å². The van der Waals surface area contributed by atoms with Crippen molar-refractivity contribution in [3.05, 3.63) is 90.2 Å². The fraction of sp³-hybridized carbons (Fsp3) is 0.148. The Morgan fingerprint density at radius 3 is 2.41 bits per heavy atom. The third-order valence-corrected chi connectivity index (χ3v) is 7.91. The topological polar surface area (TPSA) is 84.9 Å². The molecule has 39 heavy (non-hydrogen) atoms. The highest BCUT2D eigenvalue weighted by Crippen LogP contribution is 2.40. The first-order chi connectivity index (χ1) is 18.7. The molecule has 0 unspecified atom stereocenters. The minimum Gasteiger partial charge on any atom is -0.490 e. The van der Waals surface area contributed by atoms with Crippen LogP contribution in [0.1, 0.15) is 18.1 Å². The lowest BCUT2D eigenvalue weighted by atomic mass is 10.1. The van der Waals surface area contributed by atoms with Gasteiger partial charge in [0.05, 0.1) is 33.2 Å². The summed E-state index contributed by atoms with van der Waals surface area (Å²) in [6.07, 6.45) is 1.58. The minimum atomic E-state index is -0.466. The van der Waals surface area contributed by atoms with E-state index in [0.29, 0.717) is 54.5 Å². The van der Waals surface area contributed by atoms with Gasteiger partial charge in [-0.3, -0.25) is 19.3 Å². The maximum absolute atomic E-state index is 13.1. The average molecular weight is 671 g/mol. The number of ether oxygens (including phenoxy) is 2. The Labute approximate surface area is 252 Å². The molecule has 0 aliphatic carbocycles. The molecule has 0 saturated carbocycles. The van der Waals surface area contributed by atoms with E-state index in [2.05, 4.69) is 21.2 Å². The van der Waals surface area contributed by atoms with Gasteiger partial charge < -0.3 is 14.8 Å². The van der Waals surface area contributed by atoms with Crippen molar-refractivity contribution in [2.45, 2.75) is 13.5 Å². The number of imide groups is 1. The predicted molar refractivity (Wildman–Crippen MR) is 159 cm³/mol. The molecule has 1 fully saturated rings. The van der Waals surface area contributed by atoms with E-state index in [4.69, 9.17) is 44.3 Å². The maximum atomic E-state index is 13.1. The number of hydrogen-bond acceptors (Lipinski definition) is 6. The standard InChI is InChI=1S/C27H20BrCl3N2O5S/c1-2-37-22-11-15(10-17(28)25(22)38-14-24(34)32-21-9-4-3-6-20(21)31)12-23-26(35)33(27(36)39-23)13-16-18(29)7-5-8-19(16)30/h3-12H,2,13-14H2,1H3,(H,32,34)/b23-12-. The van der Waals surface area contributed by atoms with Crippen LogP contribution in [-0.4, -0.2) is 35.2 Å². The van der Waals surface area contributed by atoms with Crippen LogP contribution >= 0.6 is 62.5 Å². The van der Waals surface area contributed by atoms with Crippen molar-refractivity contribution in [3.8, 4) is 11.5 Å². The number of amides is 3. The van der Waals surface area contributed by atoms with E-state index < -0.39 is 17.1 Å². The Balaban J connectivity index is 1.51. The quantitative estimate of drug-likeness (QED) is 0.232. The van der Waals surface area contributed by atoms with Crippen LogP contribution in [0.25, 0.3) is 6.08 Å². The van der Waals surface area contributed by atoms with Gasteiger partial charge in [-0.15, -0.1) is 0 Å². The van der Waals surface area contributed by atoms with Gasteiger partial charge in [0.2, 0.25) is 0 Å². The van der Waals surface area contributed by atoms with Crippen LogP contribution in [0.15, 0.2) is 64.0 Å². The zero-order valence-electron chi connectivity index (χ0n) is 20.3. The number of nitrogens with one attached hydrogen (secondary N) is 1. The van der Waals surface area contributed by atoms with E-state index in [0.717, 1.165) is 16.7 Å². The molecule has 3 aromatic rings. The Hall–Kier alpha value is -2.69. The molecule has 1 aliphatic heterocycles. The van der Waals surface area contributed by atoms with E-state index in [1.54, 1.807) is 67.6 Å². The molecule has 0 radical (unpaired) electrons. The minimum absolute atomic E-state index is 0.0442. The largest absolute Gasteiger partial charge is 0.490 e. The highest BCUT2D eigenvalue weighted by atomic mass is 79.9. The van der Waals surface area contributed by atoms with E-state index in [1.165, 1.54) is 0 Å². The van der Waals surface area contributed by atoms with Crippen LogP contribution in [0, 0.1) is 0 Å². The highest BCUT2D eigenvalue weighted by molar-refractivity contribution is 9.10. The van der Waals surface area contributed by atoms with Crippen molar-refractivity contribution in [2.24, 2.45) is 0 Å². The molecule has 0 bridgehead atoms. The smallest absolute Gasteiger partial charge is 0.293 e. The number of benzene rings is 3. The third-order valence-electron chi connectivity index (χ3n) is 5.38. The van der Waals surface area contributed by atoms with Crippen molar-refractivity contribution >= 4 is 91.3 Å². The summed E-state index contributed by atoms with van der Waals surface area (Å²) in [6.45, 7) is 1.79. The average Bonchev–Trinajstić information content (AvgIpc) is 3.14. The highest BCUT2D eigenvalue weighted by Gasteiger charge is 2.36. The SMILES string of the molecule is CCOc1cc(/C=C2\SC(=O)N(Cc3c(Cl)cccc3Cl)C2=O)cc(Br)c1OCC(=O)Nc1ccccc1Cl. The first kappa shape index (κ1) is 29.3. The lowest BCUT2D eigenvalue weighted by Gasteiger charge is -2.15. The second-order valence-corrected chi connectivity index (χ2v) is 11.1. The van der Waals surface area contributed by atoms with E-state index in [-0.39, 0.29) is 18.1 Å². The number of hydrogen-bond donors (Lipinski definition) is 1. The van der Waals surface area contributed by atoms with E-state index in [1.807, 2.05) is 0 Å². The van der Waals surface area contributed by atoms with Crippen LogP contribution in [-0.2, 0) is 16.1 Å². The lowest BCUT2D eigenvalue weighted by molar-refractivity contribution is -0.123. The first-order valence-corrected chi connectivity index (χ1v) is 14.2. The van der Waals surface area contributed by atoms with Gasteiger partial charge in [-0.25, -0.2) is 0 Å². The summed E-state index contributed by atoms with van der Waals surface area (Å²) in [6, 6.07) is 15.2. The summed E-state index contributed by atoms with van der Waals surface area (Å²) >= 11 is 22.8. The fourth-order valence-corrected chi connectivity index (χ4v) is 5.70. The van der Waals surface area contributed by atoms with Gasteiger partial charge >= 0.3 is 0 Å². The second kappa shape index (κ2) is 13.1. The van der Waals surface area contributed by atoms with Gasteiger partial charge in [-0.2, -0.15) is 0 Å². The number of rotatable bonds is 9. The Morgan fingerprint density at radius 2 is 1.72 bits per heavy atom. The molecule has 0 spiro atoms. The molecule has 4 rings (SSSR count). The molecule has 12 heteroatoms. The molecule has 1 N–H and O–H groups in total. The summed E-state index contributed by atoms with van der Waals surface area (Å²) < 4.78 is 12.0. The number of anilines is 1. The first-order valence-electron chi connectivity index (χ1n) is 11.5. The molecular weight excluding hydrogens is 651 g/mol. The van der Waals surface area contributed by atoms with Crippen LogP contribution in [0.4, 0.5) is 10.5 Å². The predicted octanol–water partition coefficient (Wildman–Crippen LogP) is 8.06. The molecule has 7 nitrogen and oxygen atoms in total. The molecule has 1 saturated heterocycles. The van der Waals surface area contributed by atoms with Gasteiger partial charge in [-0.05, 0) is 82.7 Å². The second-order valence-electron chi connectivity index (χ2n) is 8.05. The van der Waals surface area contributed by atoms with Gasteiger partial charge in [0.15, 0.2) is 18.1 Å². The third kappa shape index (κ3) is 7.10. The molecule has 202 valence electrons. The van der Waals surface area contributed by atoms with Crippen LogP contribution in [0.5, 0.6) is 11.5 Å². The normalized spacial score (nSPS) is 14.2. The zero-order valence-corrected chi connectivity index (χ0v) is 25.0. The van der Waals surface area contributed by atoms with Crippen LogP contribution in [0.3, 0.4) is 0 Å². The molecule has 1 heterocycles. The van der Waals surface area contributed by atoms with Crippen molar-refractivity contribution in [1.29, 1.82) is 0 Å². The van der Waals surface area contributed by atoms with Crippen molar-refractivity contribution in [3.63, 3.8) is 0 Å². The fourth-order valence-electron chi connectivity index (χ4n) is 3.59. The van der Waals surface area contributed by atoms with Crippen molar-refractivity contribution in [1.82, 2.24) is 4.90 Å². The Bertz CT molecular complexity index is 1460. The number of halogens is 4. The van der Waals surface area contributed by atoms with Gasteiger partial charge in [0.25, 0.3) is 17.1 Å². The molecule has 0 aromatic heterocycles. The monoisotopic (exact) mass is 668 g/mol. The van der Waals surface area contributed by atoms with Gasteiger partial charge in [-0.1, -0.05) is 53.0 Å². The Kier molecular flexibility index (Phi) is 9.85. The van der Waals surface area contributed by atoms with Crippen LogP contribution in [0.2, 0.25) is 15.1 Å². The summed E-state index contributed by atoms with van der Waals surface area (Å²) in [7, 11) is 0. The number of carbonyl (C=O) groups excluding carboxylic acids is 3. The number of para-hydroxylation sites is 1. The summed E-state index contributed by atoms with van der Waals surface area (Å²) in [5.41, 5.74) is 1.54. The maximum Gasteiger partial charge on any atom is 0.293 e. The van der Waals surface area contributed by atoms with Gasteiger partial charge in [0, 0.05) is 15.6 Å². The summed E-state index contributed by atoms with van der Waals surface area (Å²) in [5.74, 6) is -0.212. The lowest BCUT2D eigenvalue weighted by Crippen LogP contribution is -2.27. The van der Waals surface area contributed by atoms with Gasteiger partial charge in [0.1, 0.15) is 0 Å². The molecule has 1 aliphatic rings. The summed E-state index contributed by atoms with van der Waals surface area (Å²) in [4.78, 5) is 39.5. The number of carbonyl (C=O) groups is 3. The van der Waals surface area contributed by atoms with E-state index >= 15 is 0 Å². The van der Waals surface area contributed by atoms with E-state index in [9.17, 15) is 14.4 Å². The molecule has 0 atom stereocenters.